The van der Waals surface area contributed by atoms with Crippen LogP contribution >= 0.6 is 0 Å². The first-order valence-electron chi connectivity index (χ1n) is 3.80. The van der Waals surface area contributed by atoms with Crippen molar-refractivity contribution in [1.29, 1.82) is 0 Å². The SMILES string of the molecule is NS(=O)(=O)c1c(F)cnc([N+](=O)[O-])c1C(F)F. The van der Waals surface area contributed by atoms with Gasteiger partial charge in [0.05, 0.1) is 0 Å². The summed E-state index contributed by atoms with van der Waals surface area (Å²) in [6.45, 7) is 0. The molecule has 0 amide bonds. The van der Waals surface area contributed by atoms with E-state index in [1.54, 1.807) is 0 Å². The molecule has 0 unspecified atom stereocenters. The van der Waals surface area contributed by atoms with Gasteiger partial charge < -0.3 is 10.1 Å². The van der Waals surface area contributed by atoms with E-state index in [4.69, 9.17) is 0 Å². The number of pyridine rings is 1. The summed E-state index contributed by atoms with van der Waals surface area (Å²) in [6.07, 6.45) is -3.46. The summed E-state index contributed by atoms with van der Waals surface area (Å²) < 4.78 is 59.9. The Kier molecular flexibility index (Phi) is 3.33. The van der Waals surface area contributed by atoms with Gasteiger partial charge in [0.15, 0.2) is 12.0 Å². The lowest BCUT2D eigenvalue weighted by Crippen LogP contribution is -2.18. The molecule has 0 saturated carbocycles. The summed E-state index contributed by atoms with van der Waals surface area (Å²) in [5.74, 6) is -3.13. The van der Waals surface area contributed by atoms with Gasteiger partial charge in [-0.3, -0.25) is 0 Å². The summed E-state index contributed by atoms with van der Waals surface area (Å²) >= 11 is 0. The molecule has 1 rings (SSSR count). The summed E-state index contributed by atoms with van der Waals surface area (Å²) in [4.78, 5) is 10.2. The summed E-state index contributed by atoms with van der Waals surface area (Å²) in [5.41, 5.74) is -1.66. The number of alkyl halides is 2. The van der Waals surface area contributed by atoms with E-state index < -0.39 is 43.5 Å². The van der Waals surface area contributed by atoms with Gasteiger partial charge in [-0.25, -0.2) is 26.7 Å². The maximum Gasteiger partial charge on any atom is 0.374 e. The predicted molar refractivity (Wildman–Crippen MR) is 47.2 cm³/mol. The van der Waals surface area contributed by atoms with E-state index in [0.717, 1.165) is 0 Å². The Labute approximate surface area is 92.3 Å². The zero-order chi connectivity index (χ0) is 13.4. The minimum Gasteiger partial charge on any atom is -0.358 e. The molecular formula is C6H4F3N3O4S. The average Bonchev–Trinajstić information content (AvgIpc) is 2.14. The molecule has 0 aliphatic heterocycles. The number of hydrogen-bond acceptors (Lipinski definition) is 5. The lowest BCUT2D eigenvalue weighted by molar-refractivity contribution is -0.391. The second-order valence-corrected chi connectivity index (χ2v) is 4.27. The molecule has 0 radical (unpaired) electrons. The van der Waals surface area contributed by atoms with Gasteiger partial charge in [0.25, 0.3) is 6.43 Å². The molecule has 0 aromatic carbocycles. The van der Waals surface area contributed by atoms with E-state index in [9.17, 15) is 31.7 Å². The number of nitro groups is 1. The fourth-order valence-corrected chi connectivity index (χ4v) is 1.92. The Balaban J connectivity index is 3.80. The fourth-order valence-electron chi connectivity index (χ4n) is 1.11. The monoisotopic (exact) mass is 271 g/mol. The molecule has 1 aromatic rings. The number of rotatable bonds is 3. The van der Waals surface area contributed by atoms with Crippen LogP contribution in [0.1, 0.15) is 12.0 Å². The van der Waals surface area contributed by atoms with E-state index in [1.807, 2.05) is 0 Å². The third kappa shape index (κ3) is 2.50. The van der Waals surface area contributed by atoms with E-state index in [2.05, 4.69) is 10.1 Å². The van der Waals surface area contributed by atoms with Crippen LogP contribution in [0.4, 0.5) is 19.0 Å². The number of nitrogens with zero attached hydrogens (tertiary/aromatic N) is 2. The van der Waals surface area contributed by atoms with Crippen LogP contribution in [0.25, 0.3) is 0 Å². The first kappa shape index (κ1) is 13.3. The number of primary sulfonamides is 1. The van der Waals surface area contributed by atoms with Gasteiger partial charge in [0, 0.05) is 0 Å². The first-order valence-corrected chi connectivity index (χ1v) is 5.34. The van der Waals surface area contributed by atoms with Crippen molar-refractivity contribution in [3.05, 3.63) is 27.7 Å². The Morgan fingerprint density at radius 1 is 1.47 bits per heavy atom. The van der Waals surface area contributed by atoms with E-state index in [1.165, 1.54) is 0 Å². The minimum absolute atomic E-state index is 0.143. The Bertz CT molecular complexity index is 574. The molecule has 0 aliphatic rings. The van der Waals surface area contributed by atoms with Crippen LogP contribution in [0.3, 0.4) is 0 Å². The van der Waals surface area contributed by atoms with Gasteiger partial charge in [0.2, 0.25) is 10.0 Å². The largest absolute Gasteiger partial charge is 0.374 e. The highest BCUT2D eigenvalue weighted by Gasteiger charge is 2.35. The molecular weight excluding hydrogens is 267 g/mol. The quantitative estimate of drug-likeness (QED) is 0.642. The van der Waals surface area contributed by atoms with Crippen LogP contribution < -0.4 is 5.14 Å². The Morgan fingerprint density at radius 2 is 2.00 bits per heavy atom. The van der Waals surface area contributed by atoms with Crippen molar-refractivity contribution in [1.82, 2.24) is 4.98 Å². The van der Waals surface area contributed by atoms with Crippen LogP contribution in [-0.2, 0) is 10.0 Å². The van der Waals surface area contributed by atoms with Gasteiger partial charge in [0.1, 0.15) is 10.5 Å². The Hall–Kier alpha value is -1.75. The third-order valence-electron chi connectivity index (χ3n) is 1.68. The predicted octanol–water partition coefficient (Wildman–Crippen LogP) is 0.714. The van der Waals surface area contributed by atoms with Crippen molar-refractivity contribution in [3.63, 3.8) is 0 Å². The maximum atomic E-state index is 13.1. The Morgan fingerprint density at radius 3 is 2.35 bits per heavy atom. The number of hydrogen-bond donors (Lipinski definition) is 1. The van der Waals surface area contributed by atoms with Crippen LogP contribution in [0.2, 0.25) is 0 Å². The molecule has 2 N–H and O–H groups in total. The molecule has 11 heteroatoms. The molecule has 94 valence electrons. The topological polar surface area (TPSA) is 116 Å². The molecule has 7 nitrogen and oxygen atoms in total. The molecule has 0 aliphatic carbocycles. The zero-order valence-electron chi connectivity index (χ0n) is 7.80. The third-order valence-corrected chi connectivity index (χ3v) is 2.66. The lowest BCUT2D eigenvalue weighted by Gasteiger charge is -2.07. The van der Waals surface area contributed by atoms with Crippen molar-refractivity contribution >= 4 is 15.8 Å². The van der Waals surface area contributed by atoms with Crippen LogP contribution in [-0.4, -0.2) is 18.3 Å². The molecule has 1 heterocycles. The van der Waals surface area contributed by atoms with Crippen molar-refractivity contribution in [2.24, 2.45) is 5.14 Å². The highest BCUT2D eigenvalue weighted by atomic mass is 32.2. The molecule has 1 aromatic heterocycles. The highest BCUT2D eigenvalue weighted by molar-refractivity contribution is 7.89. The molecule has 17 heavy (non-hydrogen) atoms. The number of sulfonamides is 1. The molecule has 0 spiro atoms. The molecule has 0 bridgehead atoms. The molecule has 0 saturated heterocycles. The standard InChI is InChI=1S/C6H4F3N3O4S/c7-2-1-11-6(12(13)14)3(5(8)9)4(2)17(10,15)16/h1,5H,(H2,10,15,16). The van der Waals surface area contributed by atoms with E-state index in [0.29, 0.717) is 0 Å². The highest BCUT2D eigenvalue weighted by Crippen LogP contribution is 2.33. The van der Waals surface area contributed by atoms with Gasteiger partial charge >= 0.3 is 5.82 Å². The van der Waals surface area contributed by atoms with Crippen molar-refractivity contribution in [3.8, 4) is 0 Å². The second kappa shape index (κ2) is 4.25. The van der Waals surface area contributed by atoms with Crippen molar-refractivity contribution in [2.75, 3.05) is 0 Å². The second-order valence-electron chi connectivity index (χ2n) is 2.78. The number of nitrogens with two attached hydrogens (primary N) is 1. The number of aromatic nitrogens is 1. The molecule has 0 atom stereocenters. The lowest BCUT2D eigenvalue weighted by atomic mass is 10.2. The summed E-state index contributed by atoms with van der Waals surface area (Å²) in [5, 5.41) is 14.9. The fraction of sp³-hybridized carbons (Fsp3) is 0.167. The van der Waals surface area contributed by atoms with E-state index >= 15 is 0 Å². The van der Waals surface area contributed by atoms with Crippen LogP contribution in [0.15, 0.2) is 11.1 Å². The summed E-state index contributed by atoms with van der Waals surface area (Å²) in [6, 6.07) is 0. The maximum absolute atomic E-state index is 13.1. The smallest absolute Gasteiger partial charge is 0.358 e. The molecule has 0 fully saturated rings. The number of halogens is 3. The zero-order valence-corrected chi connectivity index (χ0v) is 8.62. The van der Waals surface area contributed by atoms with Crippen LogP contribution in [0, 0.1) is 15.9 Å². The van der Waals surface area contributed by atoms with E-state index in [-0.39, 0.29) is 6.20 Å². The van der Waals surface area contributed by atoms with Gasteiger partial charge in [-0.2, -0.15) is 0 Å². The first-order chi connectivity index (χ1) is 7.66. The van der Waals surface area contributed by atoms with Crippen LogP contribution in [0.5, 0.6) is 0 Å². The normalized spacial score (nSPS) is 11.8. The van der Waals surface area contributed by atoms with Gasteiger partial charge in [-0.15, -0.1) is 0 Å². The average molecular weight is 271 g/mol. The van der Waals surface area contributed by atoms with Gasteiger partial charge in [-0.1, -0.05) is 0 Å². The minimum atomic E-state index is -4.86. The van der Waals surface area contributed by atoms with Crippen molar-refractivity contribution < 1.29 is 26.5 Å². The summed E-state index contributed by atoms with van der Waals surface area (Å²) in [7, 11) is -4.86. The van der Waals surface area contributed by atoms with Crippen molar-refractivity contribution in [2.45, 2.75) is 11.3 Å². The van der Waals surface area contributed by atoms with Gasteiger partial charge in [-0.05, 0) is 9.91 Å².